The molecule has 0 N–H and O–H groups in total. The van der Waals surface area contributed by atoms with Crippen molar-refractivity contribution in [3.63, 3.8) is 0 Å². The number of fused-ring (bicyclic) bond motifs is 5. The van der Waals surface area contributed by atoms with Crippen molar-refractivity contribution in [1.82, 2.24) is 0 Å². The van der Waals surface area contributed by atoms with Crippen LogP contribution >= 0.6 is 0 Å². The molecule has 0 amide bonds. The van der Waals surface area contributed by atoms with Gasteiger partial charge in [-0.05, 0) is 136 Å². The first-order chi connectivity index (χ1) is 17.0. The van der Waals surface area contributed by atoms with Gasteiger partial charge in [0.2, 0.25) is 8.32 Å². The largest absolute Gasteiger partial charge is 0.544 e. The van der Waals surface area contributed by atoms with Gasteiger partial charge in [-0.25, -0.2) is 0 Å². The predicted molar refractivity (Wildman–Crippen MR) is 165 cm³/mol. The smallest absolute Gasteiger partial charge is 0.242 e. The minimum absolute atomic E-state index is 0.295. The first-order valence-electron chi connectivity index (χ1n) is 15.9. The second kappa shape index (κ2) is 10.6. The number of allylic oxidation sites excluding steroid dienone is 2. The average molecular weight is 545 g/mol. The highest BCUT2D eigenvalue weighted by Gasteiger charge is 2.58. The Balaban J connectivity index is 1.67. The van der Waals surface area contributed by atoms with Gasteiger partial charge in [0.05, 0.1) is 0 Å². The van der Waals surface area contributed by atoms with Gasteiger partial charge in [-0.15, -0.1) is 0 Å². The molecular formula is C33H60O2Si2. The minimum atomic E-state index is -1.72. The van der Waals surface area contributed by atoms with E-state index >= 15 is 0 Å². The summed E-state index contributed by atoms with van der Waals surface area (Å²) < 4.78 is 13.7. The van der Waals surface area contributed by atoms with Gasteiger partial charge in [-0.1, -0.05) is 59.5 Å². The quantitative estimate of drug-likeness (QED) is 0.269. The molecule has 3 fully saturated rings. The van der Waals surface area contributed by atoms with Gasteiger partial charge in [0.1, 0.15) is 5.76 Å². The molecule has 0 aromatic carbocycles. The fourth-order valence-corrected chi connectivity index (χ4v) is 11.1. The normalized spacial score (nSPS) is 37.1. The second-order valence-electron chi connectivity index (χ2n) is 16.4. The highest BCUT2D eigenvalue weighted by molar-refractivity contribution is 6.70. The lowest BCUT2D eigenvalue weighted by molar-refractivity contribution is 0.0305. The van der Waals surface area contributed by atoms with E-state index in [-0.39, 0.29) is 0 Å². The Labute approximate surface area is 232 Å². The van der Waals surface area contributed by atoms with Crippen LogP contribution in [-0.2, 0) is 8.85 Å². The molecule has 0 bridgehead atoms. The van der Waals surface area contributed by atoms with Crippen LogP contribution in [0.1, 0.15) is 98.8 Å². The van der Waals surface area contributed by atoms with E-state index in [9.17, 15) is 0 Å². The summed E-state index contributed by atoms with van der Waals surface area (Å²) in [6, 6.07) is 0. The second-order valence-corrected chi connectivity index (χ2v) is 25.2. The van der Waals surface area contributed by atoms with Gasteiger partial charge in [-0.2, -0.15) is 0 Å². The standard InChI is InChI=1S/C33H60O2Si2/c1-23(2)13-12-14-24(3)27-15-16-28-31-29(18-20-33(27,28)5)32(4)19-17-26(34-36(6,7)8)21-25(32)22-30(31)35-37(9,10)11/h22-24,26-29H,12-21H2,1-11H3/t24?,26-,27+,28?,29?,32-,33+/m0/s1. The molecule has 0 spiro atoms. The van der Waals surface area contributed by atoms with E-state index in [1.54, 1.807) is 11.1 Å². The highest BCUT2D eigenvalue weighted by Crippen LogP contribution is 2.67. The molecule has 4 heteroatoms. The Morgan fingerprint density at radius 3 is 2.19 bits per heavy atom. The molecule has 4 aliphatic rings. The average Bonchev–Trinajstić information content (AvgIpc) is 3.09. The van der Waals surface area contributed by atoms with Crippen molar-refractivity contribution in [2.75, 3.05) is 0 Å². The molecule has 0 aliphatic heterocycles. The third kappa shape index (κ3) is 6.22. The summed E-state index contributed by atoms with van der Waals surface area (Å²) in [6.45, 7) is 26.8. The molecule has 37 heavy (non-hydrogen) atoms. The summed E-state index contributed by atoms with van der Waals surface area (Å²) in [7, 11) is -3.26. The van der Waals surface area contributed by atoms with Crippen LogP contribution in [-0.4, -0.2) is 22.7 Å². The molecule has 4 rings (SSSR count). The Hall–Kier alpha value is -0.326. The third-order valence-electron chi connectivity index (χ3n) is 10.7. The van der Waals surface area contributed by atoms with Crippen LogP contribution < -0.4 is 0 Å². The molecule has 0 saturated heterocycles. The maximum absolute atomic E-state index is 7.03. The first kappa shape index (κ1) is 29.7. The summed E-state index contributed by atoms with van der Waals surface area (Å²) in [5, 5.41) is 0. The van der Waals surface area contributed by atoms with Gasteiger partial charge in [-0.3, -0.25) is 0 Å². The van der Waals surface area contributed by atoms with Gasteiger partial charge < -0.3 is 8.85 Å². The van der Waals surface area contributed by atoms with Crippen LogP contribution in [0.3, 0.4) is 0 Å². The number of hydrogen-bond acceptors (Lipinski definition) is 2. The SMILES string of the molecule is CC(C)CCCC(C)[C@H]1CCC2C3=C(O[Si](C)(C)C)C=C4C[C@@H](O[Si](C)(C)C)CC[C@]4(C)C3CC[C@@]21C. The van der Waals surface area contributed by atoms with E-state index in [1.807, 2.05) is 0 Å². The van der Waals surface area contributed by atoms with Gasteiger partial charge in [0.15, 0.2) is 8.32 Å². The number of rotatable bonds is 9. The van der Waals surface area contributed by atoms with E-state index in [1.165, 1.54) is 63.5 Å². The zero-order chi connectivity index (χ0) is 27.4. The van der Waals surface area contributed by atoms with Crippen molar-refractivity contribution in [1.29, 1.82) is 0 Å². The van der Waals surface area contributed by atoms with Gasteiger partial charge >= 0.3 is 0 Å². The van der Waals surface area contributed by atoms with Crippen molar-refractivity contribution in [2.45, 2.75) is 144 Å². The van der Waals surface area contributed by atoms with Crippen LogP contribution in [0, 0.1) is 40.4 Å². The van der Waals surface area contributed by atoms with Crippen LogP contribution in [0.25, 0.3) is 0 Å². The highest BCUT2D eigenvalue weighted by atomic mass is 28.4. The summed E-state index contributed by atoms with van der Waals surface area (Å²) in [6.07, 6.45) is 16.3. The molecule has 0 aromatic rings. The minimum Gasteiger partial charge on any atom is -0.544 e. The van der Waals surface area contributed by atoms with Crippen LogP contribution in [0.5, 0.6) is 0 Å². The zero-order valence-corrected chi connectivity index (χ0v) is 28.4. The lowest BCUT2D eigenvalue weighted by Gasteiger charge is -2.56. The zero-order valence-electron chi connectivity index (χ0n) is 26.4. The predicted octanol–water partition coefficient (Wildman–Crippen LogP) is 10.3. The fourth-order valence-electron chi connectivity index (χ4n) is 9.06. The van der Waals surface area contributed by atoms with E-state index < -0.39 is 16.6 Å². The van der Waals surface area contributed by atoms with Crippen molar-refractivity contribution >= 4 is 16.6 Å². The summed E-state index contributed by atoms with van der Waals surface area (Å²) in [5.41, 5.74) is 4.13. The van der Waals surface area contributed by atoms with E-state index in [0.29, 0.717) is 28.8 Å². The maximum Gasteiger partial charge on any atom is 0.242 e. The first-order valence-corrected chi connectivity index (χ1v) is 22.7. The fraction of sp³-hybridized carbons (Fsp3) is 0.879. The van der Waals surface area contributed by atoms with Gasteiger partial charge in [0, 0.05) is 6.10 Å². The summed E-state index contributed by atoms with van der Waals surface area (Å²) in [4.78, 5) is 0. The Morgan fingerprint density at radius 1 is 0.865 bits per heavy atom. The van der Waals surface area contributed by atoms with Gasteiger partial charge in [0.25, 0.3) is 0 Å². The molecule has 3 saturated carbocycles. The molecular weight excluding hydrogens is 485 g/mol. The molecule has 212 valence electrons. The van der Waals surface area contributed by atoms with E-state index in [0.717, 1.165) is 24.2 Å². The van der Waals surface area contributed by atoms with Crippen molar-refractivity contribution in [3.05, 3.63) is 23.0 Å². The van der Waals surface area contributed by atoms with Crippen LogP contribution in [0.15, 0.2) is 23.0 Å². The lowest BCUT2D eigenvalue weighted by atomic mass is 9.49. The lowest BCUT2D eigenvalue weighted by Crippen LogP contribution is -2.48. The third-order valence-corrected chi connectivity index (χ3v) is 12.6. The number of hydrogen-bond donors (Lipinski definition) is 0. The molecule has 2 nitrogen and oxygen atoms in total. The molecule has 0 heterocycles. The van der Waals surface area contributed by atoms with Crippen molar-refractivity contribution < 1.29 is 8.85 Å². The maximum atomic E-state index is 7.03. The molecule has 0 aromatic heterocycles. The summed E-state index contributed by atoms with van der Waals surface area (Å²) >= 11 is 0. The molecule has 0 radical (unpaired) electrons. The van der Waals surface area contributed by atoms with Crippen LogP contribution in [0.4, 0.5) is 0 Å². The van der Waals surface area contributed by atoms with E-state index in [2.05, 4.69) is 80.0 Å². The van der Waals surface area contributed by atoms with Crippen LogP contribution in [0.2, 0.25) is 39.3 Å². The van der Waals surface area contributed by atoms with E-state index in [4.69, 9.17) is 8.85 Å². The summed E-state index contributed by atoms with van der Waals surface area (Å²) in [5.74, 6) is 5.22. The van der Waals surface area contributed by atoms with Crippen molar-refractivity contribution in [2.24, 2.45) is 40.4 Å². The monoisotopic (exact) mass is 544 g/mol. The topological polar surface area (TPSA) is 18.5 Å². The molecule has 4 aliphatic carbocycles. The van der Waals surface area contributed by atoms with Crippen molar-refractivity contribution in [3.8, 4) is 0 Å². The molecule has 3 unspecified atom stereocenters. The Bertz CT molecular complexity index is 891. The molecule has 7 atom stereocenters. The Morgan fingerprint density at radius 2 is 1.57 bits per heavy atom. The Kier molecular flexibility index (Phi) is 8.48.